The van der Waals surface area contributed by atoms with Gasteiger partial charge in [-0.2, -0.15) is 0 Å². The van der Waals surface area contributed by atoms with E-state index in [-0.39, 0.29) is 29.4 Å². The number of amides is 1. The van der Waals surface area contributed by atoms with Crippen LogP contribution >= 0.6 is 0 Å². The Kier molecular flexibility index (Phi) is 5.03. The first-order valence-electron chi connectivity index (χ1n) is 8.52. The summed E-state index contributed by atoms with van der Waals surface area (Å²) < 4.78 is 23.2. The van der Waals surface area contributed by atoms with E-state index < -0.39 is 9.84 Å². The zero-order valence-corrected chi connectivity index (χ0v) is 14.8. The molecule has 1 saturated heterocycles. The van der Waals surface area contributed by atoms with Gasteiger partial charge < -0.3 is 10.2 Å². The second-order valence-electron chi connectivity index (χ2n) is 6.77. The molecule has 1 aliphatic carbocycles. The summed E-state index contributed by atoms with van der Waals surface area (Å²) >= 11 is 0. The maximum Gasteiger partial charge on any atom is 0.228 e. The second-order valence-corrected chi connectivity index (χ2v) is 9.00. The third-order valence-corrected chi connectivity index (χ3v) is 6.75. The van der Waals surface area contributed by atoms with Crippen LogP contribution < -0.4 is 10.2 Å². The zero-order chi connectivity index (χ0) is 17.2. The molecule has 1 aromatic rings. The van der Waals surface area contributed by atoms with Gasteiger partial charge in [0.25, 0.3) is 0 Å². The number of sulfone groups is 1. The van der Waals surface area contributed by atoms with E-state index in [2.05, 4.69) is 15.5 Å². The van der Waals surface area contributed by atoms with Crippen molar-refractivity contribution < 1.29 is 13.2 Å². The minimum absolute atomic E-state index is 0.0204. The van der Waals surface area contributed by atoms with Crippen LogP contribution in [0.25, 0.3) is 0 Å². The fraction of sp³-hybridized carbons (Fsp3) is 0.688. The van der Waals surface area contributed by atoms with Gasteiger partial charge in [0.2, 0.25) is 5.91 Å². The molecule has 1 unspecified atom stereocenters. The fourth-order valence-electron chi connectivity index (χ4n) is 3.44. The average Bonchev–Trinajstić information content (AvgIpc) is 2.95. The van der Waals surface area contributed by atoms with E-state index in [9.17, 15) is 13.2 Å². The maximum atomic E-state index is 12.2. The molecule has 1 aromatic heterocycles. The van der Waals surface area contributed by atoms with E-state index in [1.165, 1.54) is 6.42 Å². The number of rotatable bonds is 4. The summed E-state index contributed by atoms with van der Waals surface area (Å²) in [7, 11) is -1.10. The first kappa shape index (κ1) is 17.1. The molecule has 1 aliphatic heterocycles. The number of carbonyl (C=O) groups is 1. The van der Waals surface area contributed by atoms with Gasteiger partial charge in [-0.25, -0.2) is 8.42 Å². The molecule has 0 bridgehead atoms. The van der Waals surface area contributed by atoms with Gasteiger partial charge in [0, 0.05) is 19.0 Å². The van der Waals surface area contributed by atoms with E-state index in [1.54, 1.807) is 12.1 Å². The van der Waals surface area contributed by atoms with Crippen molar-refractivity contribution in [3.8, 4) is 0 Å². The van der Waals surface area contributed by atoms with Crippen LogP contribution in [0.4, 0.5) is 11.6 Å². The molecule has 1 amide bonds. The molecule has 1 N–H and O–H groups in total. The highest BCUT2D eigenvalue weighted by Crippen LogP contribution is 2.25. The fourth-order valence-corrected chi connectivity index (χ4v) is 5.22. The topological polar surface area (TPSA) is 92.3 Å². The Balaban J connectivity index is 1.59. The van der Waals surface area contributed by atoms with Crippen LogP contribution in [0.1, 0.15) is 38.5 Å². The van der Waals surface area contributed by atoms with Crippen LogP contribution in [0.2, 0.25) is 0 Å². The van der Waals surface area contributed by atoms with E-state index in [0.29, 0.717) is 18.1 Å². The van der Waals surface area contributed by atoms with Crippen LogP contribution in [-0.2, 0) is 14.6 Å². The standard InChI is InChI=1S/C16H24N4O3S/c1-20(13-9-10-24(22,23)11-13)15-8-7-14(18-19-15)17-16(21)12-5-3-2-4-6-12/h7-8,12-13H,2-6,9-11H2,1H3,(H,17,18,21). The molecule has 0 aromatic carbocycles. The Hall–Kier alpha value is -1.70. The van der Waals surface area contributed by atoms with E-state index >= 15 is 0 Å². The Morgan fingerprint density at radius 1 is 1.17 bits per heavy atom. The molecule has 8 heteroatoms. The minimum Gasteiger partial charge on any atom is -0.354 e. The smallest absolute Gasteiger partial charge is 0.228 e. The van der Waals surface area contributed by atoms with Crippen molar-refractivity contribution in [2.45, 2.75) is 44.6 Å². The molecular weight excluding hydrogens is 328 g/mol. The third kappa shape index (κ3) is 4.03. The lowest BCUT2D eigenvalue weighted by molar-refractivity contribution is -0.120. The summed E-state index contributed by atoms with van der Waals surface area (Å²) in [5.41, 5.74) is 0. The molecule has 2 fully saturated rings. The molecular formula is C16H24N4O3S. The quantitative estimate of drug-likeness (QED) is 0.885. The monoisotopic (exact) mass is 352 g/mol. The molecule has 24 heavy (non-hydrogen) atoms. The summed E-state index contributed by atoms with van der Waals surface area (Å²) in [6.07, 6.45) is 5.92. The number of carbonyl (C=O) groups excluding carboxylic acids is 1. The van der Waals surface area contributed by atoms with Crippen LogP contribution in [0.3, 0.4) is 0 Å². The summed E-state index contributed by atoms with van der Waals surface area (Å²) in [6, 6.07) is 3.43. The molecule has 2 aliphatic rings. The molecule has 7 nitrogen and oxygen atoms in total. The number of hydrogen-bond acceptors (Lipinski definition) is 6. The molecule has 0 spiro atoms. The number of nitrogens with one attached hydrogen (secondary N) is 1. The van der Waals surface area contributed by atoms with Crippen LogP contribution in [-0.4, -0.2) is 49.1 Å². The summed E-state index contributed by atoms with van der Waals surface area (Å²) in [6.45, 7) is 0. The van der Waals surface area contributed by atoms with Crippen molar-refractivity contribution in [2.24, 2.45) is 5.92 Å². The van der Waals surface area contributed by atoms with Gasteiger partial charge in [0.1, 0.15) is 0 Å². The lowest BCUT2D eigenvalue weighted by Gasteiger charge is -2.24. The summed E-state index contributed by atoms with van der Waals surface area (Å²) in [5.74, 6) is 1.55. The van der Waals surface area contributed by atoms with Crippen LogP contribution in [0, 0.1) is 5.92 Å². The largest absolute Gasteiger partial charge is 0.354 e. The molecule has 3 rings (SSSR count). The van der Waals surface area contributed by atoms with Crippen molar-refractivity contribution in [2.75, 3.05) is 28.8 Å². The van der Waals surface area contributed by atoms with Gasteiger partial charge in [0.15, 0.2) is 21.5 Å². The number of hydrogen-bond donors (Lipinski definition) is 1. The van der Waals surface area contributed by atoms with Gasteiger partial charge in [-0.05, 0) is 31.4 Å². The Bertz CT molecular complexity index is 684. The highest BCUT2D eigenvalue weighted by Gasteiger charge is 2.31. The van der Waals surface area contributed by atoms with Crippen molar-refractivity contribution in [1.82, 2.24) is 10.2 Å². The normalized spacial score (nSPS) is 23.8. The molecule has 0 radical (unpaired) electrons. The highest BCUT2D eigenvalue weighted by atomic mass is 32.2. The summed E-state index contributed by atoms with van der Waals surface area (Å²) in [5, 5.41) is 11.0. The Morgan fingerprint density at radius 2 is 1.92 bits per heavy atom. The predicted octanol–water partition coefficient (Wildman–Crippen LogP) is 1.62. The van der Waals surface area contributed by atoms with Gasteiger partial charge in [0.05, 0.1) is 11.5 Å². The van der Waals surface area contributed by atoms with Crippen molar-refractivity contribution in [3.63, 3.8) is 0 Å². The van der Waals surface area contributed by atoms with Crippen LogP contribution in [0.15, 0.2) is 12.1 Å². The number of anilines is 2. The molecule has 132 valence electrons. The third-order valence-electron chi connectivity index (χ3n) is 5.00. The van der Waals surface area contributed by atoms with Crippen molar-refractivity contribution >= 4 is 27.4 Å². The minimum atomic E-state index is -2.93. The average molecular weight is 352 g/mol. The summed E-state index contributed by atoms with van der Waals surface area (Å²) in [4.78, 5) is 14.1. The van der Waals surface area contributed by atoms with E-state index in [4.69, 9.17) is 0 Å². The lowest BCUT2D eigenvalue weighted by Crippen LogP contribution is -2.33. The molecule has 2 heterocycles. The highest BCUT2D eigenvalue weighted by molar-refractivity contribution is 7.91. The number of nitrogens with zero attached hydrogens (tertiary/aromatic N) is 3. The van der Waals surface area contributed by atoms with Gasteiger partial charge in [-0.3, -0.25) is 4.79 Å². The van der Waals surface area contributed by atoms with Crippen molar-refractivity contribution in [1.29, 1.82) is 0 Å². The molecule has 1 saturated carbocycles. The lowest BCUT2D eigenvalue weighted by atomic mass is 9.89. The van der Waals surface area contributed by atoms with Crippen molar-refractivity contribution in [3.05, 3.63) is 12.1 Å². The SMILES string of the molecule is CN(c1ccc(NC(=O)C2CCCCC2)nn1)C1CCS(=O)(=O)C1. The first-order valence-corrected chi connectivity index (χ1v) is 10.3. The zero-order valence-electron chi connectivity index (χ0n) is 13.9. The van der Waals surface area contributed by atoms with E-state index in [1.807, 2.05) is 11.9 Å². The first-order chi connectivity index (χ1) is 11.4. The van der Waals surface area contributed by atoms with Gasteiger partial charge in [-0.15, -0.1) is 10.2 Å². The second kappa shape index (κ2) is 7.04. The Labute approximate surface area is 142 Å². The van der Waals surface area contributed by atoms with Gasteiger partial charge >= 0.3 is 0 Å². The maximum absolute atomic E-state index is 12.2. The van der Waals surface area contributed by atoms with Crippen LogP contribution in [0.5, 0.6) is 0 Å². The van der Waals surface area contributed by atoms with E-state index in [0.717, 1.165) is 25.7 Å². The molecule has 1 atom stereocenters. The number of aromatic nitrogens is 2. The van der Waals surface area contributed by atoms with Gasteiger partial charge in [-0.1, -0.05) is 19.3 Å². The predicted molar refractivity (Wildman–Crippen MR) is 92.7 cm³/mol. The Morgan fingerprint density at radius 3 is 2.50 bits per heavy atom.